The zero-order valence-corrected chi connectivity index (χ0v) is 16.0. The number of amides is 1. The minimum Gasteiger partial charge on any atom is -0.310 e. The molecule has 4 aromatic rings. The highest BCUT2D eigenvalue weighted by Crippen LogP contribution is 2.25. The summed E-state index contributed by atoms with van der Waals surface area (Å²) in [5.74, 6) is 0.688. The molecule has 140 valence electrons. The van der Waals surface area contributed by atoms with Gasteiger partial charge in [-0.1, -0.05) is 59.8 Å². The van der Waals surface area contributed by atoms with Crippen LogP contribution in [0, 0.1) is 6.92 Å². The van der Waals surface area contributed by atoms with E-state index in [1.807, 2.05) is 67.6 Å². The van der Waals surface area contributed by atoms with Crippen molar-refractivity contribution >= 4 is 23.5 Å². The van der Waals surface area contributed by atoms with Crippen LogP contribution in [0.25, 0.3) is 16.9 Å². The zero-order valence-electron chi connectivity index (χ0n) is 15.2. The van der Waals surface area contributed by atoms with Crippen LogP contribution in [0.4, 0.5) is 5.82 Å². The molecule has 8 heteroatoms. The van der Waals surface area contributed by atoms with Crippen LogP contribution in [-0.4, -0.2) is 36.6 Å². The Labute approximate surface area is 166 Å². The maximum absolute atomic E-state index is 12.4. The SMILES string of the molecule is Cc1ccc(-c2cc(NC(=O)CSc3ncn[nH]3)n(-c3ccccc3)n2)cc1. The Morgan fingerprint density at radius 1 is 1.14 bits per heavy atom. The third-order valence-corrected chi connectivity index (χ3v) is 4.93. The average molecular weight is 390 g/mol. The number of rotatable bonds is 6. The van der Waals surface area contributed by atoms with Crippen molar-refractivity contribution in [2.24, 2.45) is 0 Å². The van der Waals surface area contributed by atoms with E-state index in [-0.39, 0.29) is 11.7 Å². The molecular formula is C20H18N6OS. The van der Waals surface area contributed by atoms with E-state index < -0.39 is 0 Å². The molecule has 1 amide bonds. The zero-order chi connectivity index (χ0) is 19.3. The van der Waals surface area contributed by atoms with Gasteiger partial charge in [-0.3, -0.25) is 9.89 Å². The number of carbonyl (C=O) groups is 1. The molecule has 0 radical (unpaired) electrons. The van der Waals surface area contributed by atoms with Crippen LogP contribution in [0.1, 0.15) is 5.56 Å². The molecule has 0 aliphatic rings. The second-order valence-electron chi connectivity index (χ2n) is 6.16. The molecule has 0 unspecified atom stereocenters. The number of nitrogens with zero attached hydrogens (tertiary/aromatic N) is 4. The minimum absolute atomic E-state index is 0.145. The van der Waals surface area contributed by atoms with Crippen molar-refractivity contribution < 1.29 is 4.79 Å². The lowest BCUT2D eigenvalue weighted by Gasteiger charge is -2.08. The lowest BCUT2D eigenvalue weighted by molar-refractivity contribution is -0.113. The smallest absolute Gasteiger partial charge is 0.236 e. The van der Waals surface area contributed by atoms with Crippen LogP contribution in [0.5, 0.6) is 0 Å². The predicted octanol–water partition coefficient (Wildman–Crippen LogP) is 3.70. The van der Waals surface area contributed by atoms with Crippen molar-refractivity contribution in [2.75, 3.05) is 11.1 Å². The van der Waals surface area contributed by atoms with Gasteiger partial charge >= 0.3 is 0 Å². The van der Waals surface area contributed by atoms with Crippen molar-refractivity contribution in [1.82, 2.24) is 25.0 Å². The van der Waals surface area contributed by atoms with Gasteiger partial charge in [0, 0.05) is 11.6 Å². The standard InChI is InChI=1S/C20H18N6OS/c1-14-7-9-15(10-8-14)17-11-18(26(25-17)16-5-3-2-4-6-16)23-19(27)12-28-20-21-13-22-24-20/h2-11,13H,12H2,1H3,(H,23,27)(H,21,22,24). The molecule has 0 saturated heterocycles. The Balaban J connectivity index is 1.60. The van der Waals surface area contributed by atoms with E-state index >= 15 is 0 Å². The number of para-hydroxylation sites is 1. The lowest BCUT2D eigenvalue weighted by Crippen LogP contribution is -2.17. The molecule has 0 spiro atoms. The Hall–Kier alpha value is -3.39. The van der Waals surface area contributed by atoms with Gasteiger partial charge in [0.05, 0.1) is 17.1 Å². The summed E-state index contributed by atoms with van der Waals surface area (Å²) in [6, 6.07) is 19.7. The number of benzene rings is 2. The van der Waals surface area contributed by atoms with Crippen LogP contribution < -0.4 is 5.32 Å². The second kappa shape index (κ2) is 8.10. The number of nitrogens with one attached hydrogen (secondary N) is 2. The molecule has 0 aliphatic heterocycles. The number of aromatic amines is 1. The van der Waals surface area contributed by atoms with Gasteiger partial charge in [0.15, 0.2) is 5.16 Å². The first-order chi connectivity index (χ1) is 13.7. The van der Waals surface area contributed by atoms with E-state index in [1.54, 1.807) is 4.68 Å². The molecule has 2 heterocycles. The molecule has 2 aromatic carbocycles. The maximum atomic E-state index is 12.4. The number of H-pyrrole nitrogens is 1. The molecule has 0 fully saturated rings. The van der Waals surface area contributed by atoms with Gasteiger partial charge in [-0.15, -0.1) is 0 Å². The van der Waals surface area contributed by atoms with Gasteiger partial charge in [-0.05, 0) is 19.1 Å². The number of carbonyl (C=O) groups excluding carboxylic acids is 1. The molecule has 0 atom stereocenters. The molecular weight excluding hydrogens is 372 g/mol. The van der Waals surface area contributed by atoms with E-state index in [0.29, 0.717) is 11.0 Å². The summed E-state index contributed by atoms with van der Waals surface area (Å²) in [6.45, 7) is 2.05. The molecule has 0 bridgehead atoms. The number of aryl methyl sites for hydroxylation is 1. The topological polar surface area (TPSA) is 88.5 Å². The number of hydrogen-bond acceptors (Lipinski definition) is 5. The summed E-state index contributed by atoms with van der Waals surface area (Å²) in [7, 11) is 0. The van der Waals surface area contributed by atoms with Crippen LogP contribution >= 0.6 is 11.8 Å². The van der Waals surface area contributed by atoms with E-state index in [2.05, 4.69) is 20.5 Å². The molecule has 7 nitrogen and oxygen atoms in total. The van der Waals surface area contributed by atoms with Gasteiger partial charge < -0.3 is 5.32 Å². The molecule has 2 N–H and O–H groups in total. The Kier molecular flexibility index (Phi) is 5.20. The van der Waals surface area contributed by atoms with Crippen molar-refractivity contribution in [2.45, 2.75) is 12.1 Å². The van der Waals surface area contributed by atoms with Gasteiger partial charge in [-0.25, -0.2) is 9.67 Å². The van der Waals surface area contributed by atoms with Gasteiger partial charge in [0.25, 0.3) is 0 Å². The van der Waals surface area contributed by atoms with Crippen LogP contribution in [-0.2, 0) is 4.79 Å². The summed E-state index contributed by atoms with van der Waals surface area (Å²) in [6.07, 6.45) is 1.42. The second-order valence-corrected chi connectivity index (χ2v) is 7.12. The number of hydrogen-bond donors (Lipinski definition) is 2. The largest absolute Gasteiger partial charge is 0.310 e. The molecule has 0 aliphatic carbocycles. The van der Waals surface area contributed by atoms with Gasteiger partial charge in [0.1, 0.15) is 12.1 Å². The third kappa shape index (κ3) is 4.12. The highest BCUT2D eigenvalue weighted by atomic mass is 32.2. The van der Waals surface area contributed by atoms with Gasteiger partial charge in [-0.2, -0.15) is 10.2 Å². The van der Waals surface area contributed by atoms with Crippen molar-refractivity contribution in [1.29, 1.82) is 0 Å². The molecule has 4 rings (SSSR count). The minimum atomic E-state index is -0.145. The first kappa shape index (κ1) is 18.0. The first-order valence-corrected chi connectivity index (χ1v) is 9.68. The first-order valence-electron chi connectivity index (χ1n) is 8.69. The van der Waals surface area contributed by atoms with E-state index in [1.165, 1.54) is 23.7 Å². The van der Waals surface area contributed by atoms with Crippen LogP contribution in [0.15, 0.2) is 72.1 Å². The molecule has 2 aromatic heterocycles. The summed E-state index contributed by atoms with van der Waals surface area (Å²) in [5, 5.41) is 14.8. The fourth-order valence-corrected chi connectivity index (χ4v) is 3.26. The van der Waals surface area contributed by atoms with E-state index in [9.17, 15) is 4.79 Å². The van der Waals surface area contributed by atoms with Crippen LogP contribution in [0.3, 0.4) is 0 Å². The fourth-order valence-electron chi connectivity index (χ4n) is 2.68. The summed E-state index contributed by atoms with van der Waals surface area (Å²) in [5.41, 5.74) is 3.84. The summed E-state index contributed by atoms with van der Waals surface area (Å²) >= 11 is 1.29. The van der Waals surface area contributed by atoms with Gasteiger partial charge in [0.2, 0.25) is 5.91 Å². The quantitative estimate of drug-likeness (QED) is 0.490. The summed E-state index contributed by atoms with van der Waals surface area (Å²) in [4.78, 5) is 16.5. The third-order valence-electron chi connectivity index (χ3n) is 4.06. The molecule has 0 saturated carbocycles. The Bertz CT molecular complexity index is 1060. The monoisotopic (exact) mass is 390 g/mol. The maximum Gasteiger partial charge on any atom is 0.236 e. The van der Waals surface area contributed by atoms with Crippen molar-refractivity contribution in [3.05, 3.63) is 72.6 Å². The predicted molar refractivity (Wildman–Crippen MR) is 109 cm³/mol. The lowest BCUT2D eigenvalue weighted by atomic mass is 10.1. The highest BCUT2D eigenvalue weighted by molar-refractivity contribution is 7.99. The average Bonchev–Trinajstić information content (AvgIpc) is 3.38. The number of aromatic nitrogens is 5. The fraction of sp³-hybridized carbons (Fsp3) is 0.100. The van der Waals surface area contributed by atoms with E-state index in [4.69, 9.17) is 5.10 Å². The molecule has 28 heavy (non-hydrogen) atoms. The van der Waals surface area contributed by atoms with Crippen molar-refractivity contribution in [3.8, 4) is 16.9 Å². The normalized spacial score (nSPS) is 10.8. The number of thioether (sulfide) groups is 1. The Morgan fingerprint density at radius 2 is 1.93 bits per heavy atom. The summed E-state index contributed by atoms with van der Waals surface area (Å²) < 4.78 is 1.74. The van der Waals surface area contributed by atoms with Crippen molar-refractivity contribution in [3.63, 3.8) is 0 Å². The Morgan fingerprint density at radius 3 is 2.64 bits per heavy atom. The van der Waals surface area contributed by atoms with Crippen LogP contribution in [0.2, 0.25) is 0 Å². The van der Waals surface area contributed by atoms with E-state index in [0.717, 1.165) is 16.9 Å². The number of anilines is 1. The highest BCUT2D eigenvalue weighted by Gasteiger charge is 2.14.